The van der Waals surface area contributed by atoms with Gasteiger partial charge >= 0.3 is 5.69 Å². The molecule has 9 heteroatoms. The maximum Gasteiger partial charge on any atom is 0.329 e. The Morgan fingerprint density at radius 1 is 1.33 bits per heavy atom. The zero-order valence-electron chi connectivity index (χ0n) is 16.6. The number of thiophene rings is 1. The molecule has 1 aromatic carbocycles. The highest BCUT2D eigenvalue weighted by Gasteiger charge is 2.33. The third kappa shape index (κ3) is 2.79. The number of aryl methyl sites for hydroxylation is 1. The van der Waals surface area contributed by atoms with E-state index in [1.54, 1.807) is 0 Å². The summed E-state index contributed by atoms with van der Waals surface area (Å²) in [5, 5.41) is -0.0379. The lowest BCUT2D eigenvalue weighted by Gasteiger charge is -2.19. The third-order valence-electron chi connectivity index (χ3n) is 6.19. The summed E-state index contributed by atoms with van der Waals surface area (Å²) >= 11 is 1.51. The number of H-pyrrole nitrogens is 1. The first-order chi connectivity index (χ1) is 14.4. The van der Waals surface area contributed by atoms with Crippen LogP contribution in [0.25, 0.3) is 21.3 Å². The lowest BCUT2D eigenvalue weighted by molar-refractivity contribution is 0.415. The van der Waals surface area contributed by atoms with E-state index in [-0.39, 0.29) is 33.9 Å². The van der Waals surface area contributed by atoms with Gasteiger partial charge in [-0.15, -0.1) is 11.3 Å². The van der Waals surface area contributed by atoms with E-state index in [0.29, 0.717) is 17.3 Å². The molecule has 0 amide bonds. The van der Waals surface area contributed by atoms with Crippen molar-refractivity contribution in [2.24, 2.45) is 11.7 Å². The molecule has 0 aliphatic heterocycles. The van der Waals surface area contributed by atoms with Gasteiger partial charge in [0.05, 0.1) is 23.7 Å². The number of nitrogens with zero attached hydrogens (tertiary/aromatic N) is 1. The van der Waals surface area contributed by atoms with Crippen LogP contribution in [0, 0.1) is 11.7 Å². The zero-order chi connectivity index (χ0) is 21.2. The van der Waals surface area contributed by atoms with E-state index in [1.807, 2.05) is 6.07 Å². The summed E-state index contributed by atoms with van der Waals surface area (Å²) in [4.78, 5) is 29.3. The summed E-state index contributed by atoms with van der Waals surface area (Å²) in [5.41, 5.74) is 12.1. The van der Waals surface area contributed by atoms with Crippen molar-refractivity contribution in [3.05, 3.63) is 43.2 Å². The fraction of sp³-hybridized carbons (Fsp3) is 0.429. The summed E-state index contributed by atoms with van der Waals surface area (Å²) < 4.78 is 22.7. The average Bonchev–Trinajstić information content (AvgIpc) is 3.47. The van der Waals surface area contributed by atoms with E-state index in [9.17, 15) is 9.59 Å². The van der Waals surface area contributed by atoms with E-state index in [1.165, 1.54) is 33.5 Å². The summed E-state index contributed by atoms with van der Waals surface area (Å²) in [6.07, 6.45) is 4.40. The first-order valence-electron chi connectivity index (χ1n) is 10.1. The number of nitrogens with one attached hydrogen (secondary N) is 1. The van der Waals surface area contributed by atoms with E-state index < -0.39 is 17.1 Å². The molecule has 0 radical (unpaired) electrons. The molecule has 0 bridgehead atoms. The van der Waals surface area contributed by atoms with Crippen molar-refractivity contribution in [2.45, 2.75) is 38.1 Å². The fourth-order valence-electron chi connectivity index (χ4n) is 4.51. The van der Waals surface area contributed by atoms with Gasteiger partial charge in [-0.05, 0) is 56.2 Å². The summed E-state index contributed by atoms with van der Waals surface area (Å²) in [6, 6.07) is 1.92. The van der Waals surface area contributed by atoms with Gasteiger partial charge in [-0.2, -0.15) is 0 Å². The second kappa shape index (κ2) is 6.95. The number of halogens is 1. The summed E-state index contributed by atoms with van der Waals surface area (Å²) in [7, 11) is 1.43. The molecule has 2 heterocycles. The van der Waals surface area contributed by atoms with Gasteiger partial charge in [0, 0.05) is 15.8 Å². The van der Waals surface area contributed by atoms with Gasteiger partial charge in [-0.3, -0.25) is 14.3 Å². The standard InChI is InChI=1S/C21H23FN4O3S/c1-29-19-14(13-7-10-6-9(8-23)2-5-12(10)30-13)16(22)17(24)15-18(19)26(11-3-4-11)21(28)25-20(15)27/h7,9,11H,2-6,8,23-24H2,1H3,(H,25,27,28). The number of fused-ring (bicyclic) bond motifs is 2. The highest BCUT2D eigenvalue weighted by Crippen LogP contribution is 2.47. The zero-order valence-corrected chi connectivity index (χ0v) is 17.4. The molecule has 1 atom stereocenters. The number of benzene rings is 1. The van der Waals surface area contributed by atoms with Crippen molar-refractivity contribution >= 4 is 27.9 Å². The van der Waals surface area contributed by atoms with Gasteiger partial charge in [-0.25, -0.2) is 9.18 Å². The highest BCUT2D eigenvalue weighted by molar-refractivity contribution is 7.15. The van der Waals surface area contributed by atoms with Crippen LogP contribution in [0.5, 0.6) is 5.75 Å². The number of aromatic amines is 1. The number of anilines is 1. The molecule has 158 valence electrons. The molecule has 1 fully saturated rings. The van der Waals surface area contributed by atoms with Crippen molar-refractivity contribution in [1.29, 1.82) is 0 Å². The van der Waals surface area contributed by atoms with Crippen LogP contribution >= 0.6 is 11.3 Å². The number of nitrogen functional groups attached to an aromatic ring is 1. The van der Waals surface area contributed by atoms with Crippen LogP contribution in [0.3, 0.4) is 0 Å². The van der Waals surface area contributed by atoms with E-state index in [2.05, 4.69) is 4.98 Å². The minimum Gasteiger partial charge on any atom is -0.494 e. The number of aromatic nitrogens is 2. The molecule has 2 aliphatic carbocycles. The second-order valence-corrected chi connectivity index (χ2v) is 9.26. The van der Waals surface area contributed by atoms with Gasteiger partial charge in [0.2, 0.25) is 0 Å². The Bertz CT molecular complexity index is 1290. The molecule has 1 saturated carbocycles. The Balaban J connectivity index is 1.83. The number of ether oxygens (including phenoxy) is 1. The molecule has 30 heavy (non-hydrogen) atoms. The molecule has 0 spiro atoms. The second-order valence-electron chi connectivity index (χ2n) is 8.12. The molecule has 2 aromatic heterocycles. The first-order valence-corrected chi connectivity index (χ1v) is 10.9. The average molecular weight is 431 g/mol. The number of methoxy groups -OCH3 is 1. The molecule has 5 N–H and O–H groups in total. The molecule has 2 aliphatic rings. The van der Waals surface area contributed by atoms with Crippen LogP contribution < -0.4 is 27.5 Å². The van der Waals surface area contributed by atoms with Crippen LogP contribution in [0.1, 0.15) is 35.7 Å². The van der Waals surface area contributed by atoms with Gasteiger partial charge in [0.25, 0.3) is 5.56 Å². The Morgan fingerprint density at radius 3 is 2.77 bits per heavy atom. The number of hydrogen-bond acceptors (Lipinski definition) is 6. The third-order valence-corrected chi connectivity index (χ3v) is 7.45. The number of hydrogen-bond donors (Lipinski definition) is 3. The minimum atomic E-state index is -0.704. The van der Waals surface area contributed by atoms with Crippen LogP contribution in [0.4, 0.5) is 10.1 Å². The van der Waals surface area contributed by atoms with Crippen LogP contribution in [-0.2, 0) is 12.8 Å². The van der Waals surface area contributed by atoms with Crippen molar-refractivity contribution in [3.63, 3.8) is 0 Å². The molecular weight excluding hydrogens is 407 g/mol. The first kappa shape index (κ1) is 19.3. The van der Waals surface area contributed by atoms with Crippen molar-refractivity contribution in [2.75, 3.05) is 19.4 Å². The fourth-order valence-corrected chi connectivity index (χ4v) is 5.75. The molecular formula is C21H23FN4O3S. The lowest BCUT2D eigenvalue weighted by atomic mass is 9.88. The molecule has 5 rings (SSSR count). The maximum atomic E-state index is 15.5. The number of rotatable bonds is 4. The topological polar surface area (TPSA) is 116 Å². The van der Waals surface area contributed by atoms with Crippen molar-refractivity contribution in [1.82, 2.24) is 9.55 Å². The lowest BCUT2D eigenvalue weighted by Crippen LogP contribution is -2.31. The number of nitrogens with two attached hydrogens (primary N) is 2. The molecule has 1 unspecified atom stereocenters. The SMILES string of the molecule is COc1c(-c2cc3c(s2)CCC(CN)C3)c(F)c(N)c2c(=O)[nH]c(=O)n(C3CC3)c12. The molecule has 7 nitrogen and oxygen atoms in total. The van der Waals surface area contributed by atoms with Gasteiger partial charge in [0.15, 0.2) is 11.6 Å². The maximum absolute atomic E-state index is 15.5. The largest absolute Gasteiger partial charge is 0.494 e. The Labute approximate surface area is 175 Å². The van der Waals surface area contributed by atoms with Gasteiger partial charge < -0.3 is 16.2 Å². The Morgan fingerprint density at radius 2 is 2.10 bits per heavy atom. The predicted molar refractivity (Wildman–Crippen MR) is 116 cm³/mol. The van der Waals surface area contributed by atoms with Crippen molar-refractivity contribution in [3.8, 4) is 16.2 Å². The van der Waals surface area contributed by atoms with E-state index >= 15 is 4.39 Å². The predicted octanol–water partition coefficient (Wildman–Crippen LogP) is 2.55. The van der Waals surface area contributed by atoms with Gasteiger partial charge in [0.1, 0.15) is 5.52 Å². The van der Waals surface area contributed by atoms with Crippen LogP contribution in [-0.4, -0.2) is 23.2 Å². The highest BCUT2D eigenvalue weighted by atomic mass is 32.1. The van der Waals surface area contributed by atoms with E-state index in [4.69, 9.17) is 16.2 Å². The monoisotopic (exact) mass is 430 g/mol. The van der Waals surface area contributed by atoms with Gasteiger partial charge in [-0.1, -0.05) is 0 Å². The summed E-state index contributed by atoms with van der Waals surface area (Å²) in [5.74, 6) is -0.0902. The molecule has 0 saturated heterocycles. The normalized spacial score (nSPS) is 18.6. The smallest absolute Gasteiger partial charge is 0.329 e. The van der Waals surface area contributed by atoms with E-state index in [0.717, 1.165) is 32.1 Å². The molecule has 3 aromatic rings. The Kier molecular flexibility index (Phi) is 4.48. The quantitative estimate of drug-likeness (QED) is 0.550. The minimum absolute atomic E-state index is 0.0379. The van der Waals surface area contributed by atoms with Crippen LogP contribution in [0.15, 0.2) is 15.7 Å². The Hall–Kier alpha value is -2.65. The van der Waals surface area contributed by atoms with Crippen LogP contribution in [0.2, 0.25) is 0 Å². The van der Waals surface area contributed by atoms with Crippen molar-refractivity contribution < 1.29 is 9.13 Å². The summed E-state index contributed by atoms with van der Waals surface area (Å²) in [6.45, 7) is 0.627.